The van der Waals surface area contributed by atoms with E-state index < -0.39 is 17.6 Å². The molecule has 1 N–H and O–H groups in total. The Balaban J connectivity index is 2.21. The van der Waals surface area contributed by atoms with Crippen molar-refractivity contribution in [1.29, 1.82) is 0 Å². The van der Waals surface area contributed by atoms with Crippen molar-refractivity contribution in [3.8, 4) is 0 Å². The average Bonchev–Trinajstić information content (AvgIpc) is 2.36. The Labute approximate surface area is 116 Å². The first kappa shape index (κ1) is 14.5. The smallest absolute Gasteiger partial charge is 0.365 e. The Kier molecular flexibility index (Phi) is 4.08. The molecular formula is C12H8ClF4N3. The lowest BCUT2D eigenvalue weighted by Gasteiger charge is -2.13. The standard InChI is InChI=1S/C12H8ClF4N3/c13-10-5-18-6-11(20-10)19-4-7-1-2-8(14)3-9(7)12(15,16)17/h1-3,5-6H,4H2,(H,19,20). The maximum absolute atomic E-state index is 12.9. The van der Waals surface area contributed by atoms with Crippen molar-refractivity contribution in [2.24, 2.45) is 0 Å². The van der Waals surface area contributed by atoms with Crippen LogP contribution < -0.4 is 5.32 Å². The van der Waals surface area contributed by atoms with Crippen LogP contribution >= 0.6 is 11.6 Å². The summed E-state index contributed by atoms with van der Waals surface area (Å²) in [6.45, 7) is -0.176. The van der Waals surface area contributed by atoms with Gasteiger partial charge in [-0.3, -0.25) is 4.98 Å². The van der Waals surface area contributed by atoms with Crippen LogP contribution in [0.5, 0.6) is 0 Å². The van der Waals surface area contributed by atoms with E-state index in [4.69, 9.17) is 11.6 Å². The van der Waals surface area contributed by atoms with Gasteiger partial charge in [0.05, 0.1) is 18.0 Å². The zero-order valence-electron chi connectivity index (χ0n) is 9.88. The normalized spacial score (nSPS) is 11.4. The average molecular weight is 306 g/mol. The molecule has 0 amide bonds. The molecule has 0 bridgehead atoms. The summed E-state index contributed by atoms with van der Waals surface area (Å²) in [7, 11) is 0. The van der Waals surface area contributed by atoms with E-state index in [0.29, 0.717) is 6.07 Å². The van der Waals surface area contributed by atoms with Crippen molar-refractivity contribution >= 4 is 17.4 Å². The Morgan fingerprint density at radius 2 is 1.95 bits per heavy atom. The number of anilines is 1. The largest absolute Gasteiger partial charge is 0.416 e. The van der Waals surface area contributed by atoms with Gasteiger partial charge >= 0.3 is 6.18 Å². The van der Waals surface area contributed by atoms with Gasteiger partial charge in [-0.05, 0) is 17.7 Å². The molecule has 0 fully saturated rings. The summed E-state index contributed by atoms with van der Waals surface area (Å²) in [4.78, 5) is 7.58. The maximum Gasteiger partial charge on any atom is 0.416 e. The van der Waals surface area contributed by atoms with Crippen LogP contribution in [0.3, 0.4) is 0 Å². The fourth-order valence-corrected chi connectivity index (χ4v) is 1.73. The number of hydrogen-bond donors (Lipinski definition) is 1. The quantitative estimate of drug-likeness (QED) is 0.874. The molecule has 2 rings (SSSR count). The topological polar surface area (TPSA) is 37.8 Å². The summed E-state index contributed by atoms with van der Waals surface area (Å²) >= 11 is 5.61. The van der Waals surface area contributed by atoms with E-state index in [-0.39, 0.29) is 23.1 Å². The molecule has 1 aromatic carbocycles. The van der Waals surface area contributed by atoms with Crippen molar-refractivity contribution in [2.45, 2.75) is 12.7 Å². The summed E-state index contributed by atoms with van der Waals surface area (Å²) in [6.07, 6.45) is -2.01. The highest BCUT2D eigenvalue weighted by Gasteiger charge is 2.33. The van der Waals surface area contributed by atoms with Crippen LogP contribution in [0.4, 0.5) is 23.4 Å². The van der Waals surface area contributed by atoms with Gasteiger partial charge in [-0.1, -0.05) is 17.7 Å². The first-order valence-corrected chi connectivity index (χ1v) is 5.81. The van der Waals surface area contributed by atoms with E-state index in [2.05, 4.69) is 15.3 Å². The molecule has 0 saturated heterocycles. The lowest BCUT2D eigenvalue weighted by Crippen LogP contribution is -2.12. The Hall–Kier alpha value is -1.89. The summed E-state index contributed by atoms with van der Waals surface area (Å²) in [5.41, 5.74) is -1.12. The predicted octanol–water partition coefficient (Wildman–Crippen LogP) is 3.90. The second-order valence-corrected chi connectivity index (χ2v) is 4.27. The molecule has 0 atom stereocenters. The lowest BCUT2D eigenvalue weighted by atomic mass is 10.1. The molecule has 0 aliphatic carbocycles. The van der Waals surface area contributed by atoms with E-state index in [1.165, 1.54) is 12.4 Å². The SMILES string of the molecule is Fc1ccc(CNc2cncc(Cl)n2)c(C(F)(F)F)c1. The molecule has 0 aliphatic rings. The van der Waals surface area contributed by atoms with E-state index >= 15 is 0 Å². The number of aromatic nitrogens is 2. The van der Waals surface area contributed by atoms with Crippen molar-refractivity contribution in [2.75, 3.05) is 5.32 Å². The molecule has 8 heteroatoms. The highest BCUT2D eigenvalue weighted by atomic mass is 35.5. The van der Waals surface area contributed by atoms with Crippen molar-refractivity contribution in [1.82, 2.24) is 9.97 Å². The van der Waals surface area contributed by atoms with Gasteiger partial charge in [0.2, 0.25) is 0 Å². The third-order valence-electron chi connectivity index (χ3n) is 2.44. The van der Waals surface area contributed by atoms with Gasteiger partial charge in [-0.15, -0.1) is 0 Å². The first-order valence-electron chi connectivity index (χ1n) is 5.43. The summed E-state index contributed by atoms with van der Waals surface area (Å²) in [5, 5.41) is 2.77. The fraction of sp³-hybridized carbons (Fsp3) is 0.167. The maximum atomic E-state index is 12.9. The molecule has 1 aromatic heterocycles. The number of nitrogens with zero attached hydrogens (tertiary/aromatic N) is 2. The van der Waals surface area contributed by atoms with Crippen LogP contribution in [0.25, 0.3) is 0 Å². The highest BCUT2D eigenvalue weighted by Crippen LogP contribution is 2.32. The van der Waals surface area contributed by atoms with Gasteiger partial charge in [-0.25, -0.2) is 9.37 Å². The minimum Gasteiger partial charge on any atom is -0.365 e. The molecule has 106 valence electrons. The van der Waals surface area contributed by atoms with Gasteiger partial charge < -0.3 is 5.32 Å². The molecule has 1 heterocycles. The molecule has 0 radical (unpaired) electrons. The van der Waals surface area contributed by atoms with E-state index in [9.17, 15) is 17.6 Å². The van der Waals surface area contributed by atoms with Gasteiger partial charge in [0, 0.05) is 6.54 Å². The Bertz CT molecular complexity index is 616. The lowest BCUT2D eigenvalue weighted by molar-refractivity contribution is -0.138. The predicted molar refractivity (Wildman–Crippen MR) is 65.8 cm³/mol. The van der Waals surface area contributed by atoms with Gasteiger partial charge in [0.15, 0.2) is 0 Å². The molecule has 0 saturated carbocycles. The zero-order valence-corrected chi connectivity index (χ0v) is 10.6. The van der Waals surface area contributed by atoms with Crippen molar-refractivity contribution in [3.05, 3.63) is 52.7 Å². The fourth-order valence-electron chi connectivity index (χ4n) is 1.58. The minimum absolute atomic E-state index is 0.0966. The minimum atomic E-state index is -4.63. The third kappa shape index (κ3) is 3.57. The second kappa shape index (κ2) is 5.62. The van der Waals surface area contributed by atoms with Crippen LogP contribution in [-0.4, -0.2) is 9.97 Å². The van der Waals surface area contributed by atoms with E-state index in [1.807, 2.05) is 0 Å². The van der Waals surface area contributed by atoms with Crippen LogP contribution in [0.1, 0.15) is 11.1 Å². The molecule has 20 heavy (non-hydrogen) atoms. The number of benzene rings is 1. The summed E-state index contributed by atoms with van der Waals surface area (Å²) < 4.78 is 51.3. The molecular weight excluding hydrogens is 298 g/mol. The molecule has 0 aliphatic heterocycles. The zero-order chi connectivity index (χ0) is 14.8. The van der Waals surface area contributed by atoms with Gasteiger partial charge in [-0.2, -0.15) is 13.2 Å². The van der Waals surface area contributed by atoms with Crippen molar-refractivity contribution < 1.29 is 17.6 Å². The molecule has 0 unspecified atom stereocenters. The molecule has 0 spiro atoms. The van der Waals surface area contributed by atoms with Crippen molar-refractivity contribution in [3.63, 3.8) is 0 Å². The highest BCUT2D eigenvalue weighted by molar-refractivity contribution is 6.29. The first-order chi connectivity index (χ1) is 9.36. The van der Waals surface area contributed by atoms with Crippen LogP contribution in [0.2, 0.25) is 5.15 Å². The summed E-state index contributed by atoms with van der Waals surface area (Å²) in [6, 6.07) is 2.50. The van der Waals surface area contributed by atoms with E-state index in [1.54, 1.807) is 0 Å². The number of halogens is 5. The number of rotatable bonds is 3. The molecule has 3 nitrogen and oxygen atoms in total. The Morgan fingerprint density at radius 3 is 2.60 bits per heavy atom. The van der Waals surface area contributed by atoms with Crippen LogP contribution in [0, 0.1) is 5.82 Å². The van der Waals surface area contributed by atoms with E-state index in [0.717, 1.165) is 12.1 Å². The van der Waals surface area contributed by atoms with Crippen LogP contribution in [-0.2, 0) is 12.7 Å². The Morgan fingerprint density at radius 1 is 1.20 bits per heavy atom. The van der Waals surface area contributed by atoms with Gasteiger partial charge in [0.1, 0.15) is 16.8 Å². The van der Waals surface area contributed by atoms with Gasteiger partial charge in [0.25, 0.3) is 0 Å². The monoisotopic (exact) mass is 305 g/mol. The molecule has 2 aromatic rings. The summed E-state index contributed by atoms with van der Waals surface area (Å²) in [5.74, 6) is -0.710. The number of alkyl halides is 3. The number of hydrogen-bond acceptors (Lipinski definition) is 3. The second-order valence-electron chi connectivity index (χ2n) is 3.88. The van der Waals surface area contributed by atoms with Crippen LogP contribution in [0.15, 0.2) is 30.6 Å². The third-order valence-corrected chi connectivity index (χ3v) is 2.62. The number of nitrogens with one attached hydrogen (secondary N) is 1.